The molecule has 0 unspecified atom stereocenters. The summed E-state index contributed by atoms with van der Waals surface area (Å²) in [6.45, 7) is 0. The average Bonchev–Trinajstić information content (AvgIpc) is 3.14. The van der Waals surface area contributed by atoms with Crippen molar-refractivity contribution in [2.24, 2.45) is 5.10 Å². The van der Waals surface area contributed by atoms with Crippen LogP contribution in [0.2, 0.25) is 0 Å². The van der Waals surface area contributed by atoms with Gasteiger partial charge in [-0.3, -0.25) is 20.0 Å². The molecule has 9 heteroatoms. The molecular formula is C17H13N5O4. The number of hydrazone groups is 1. The van der Waals surface area contributed by atoms with Crippen molar-refractivity contribution in [3.8, 4) is 17.0 Å². The largest absolute Gasteiger partial charge is 0.502 e. The maximum atomic E-state index is 12.1. The molecule has 130 valence electrons. The molecule has 26 heavy (non-hydrogen) atoms. The van der Waals surface area contributed by atoms with Crippen LogP contribution in [0.15, 0.2) is 59.7 Å². The molecule has 1 amide bonds. The van der Waals surface area contributed by atoms with Crippen molar-refractivity contribution >= 4 is 17.8 Å². The van der Waals surface area contributed by atoms with E-state index in [1.165, 1.54) is 18.3 Å². The normalized spacial score (nSPS) is 10.8. The lowest BCUT2D eigenvalue weighted by Crippen LogP contribution is -2.18. The highest BCUT2D eigenvalue weighted by atomic mass is 16.6. The summed E-state index contributed by atoms with van der Waals surface area (Å²) in [5, 5.41) is 30.6. The van der Waals surface area contributed by atoms with E-state index in [1.807, 2.05) is 30.3 Å². The number of H-pyrrole nitrogens is 1. The number of hydrogen-bond acceptors (Lipinski definition) is 6. The van der Waals surface area contributed by atoms with Crippen molar-refractivity contribution in [1.29, 1.82) is 0 Å². The van der Waals surface area contributed by atoms with Gasteiger partial charge in [-0.1, -0.05) is 30.3 Å². The number of nitro groups is 1. The van der Waals surface area contributed by atoms with E-state index in [1.54, 1.807) is 6.07 Å². The lowest BCUT2D eigenvalue weighted by Gasteiger charge is -1.98. The lowest BCUT2D eigenvalue weighted by atomic mass is 10.1. The minimum atomic E-state index is -0.707. The fourth-order valence-electron chi connectivity index (χ4n) is 2.19. The number of nitro benzene ring substituents is 1. The Balaban J connectivity index is 1.68. The van der Waals surface area contributed by atoms with Crippen molar-refractivity contribution in [2.45, 2.75) is 0 Å². The van der Waals surface area contributed by atoms with Crippen LogP contribution in [0, 0.1) is 10.1 Å². The average molecular weight is 351 g/mol. The molecule has 3 rings (SSSR count). The van der Waals surface area contributed by atoms with Crippen molar-refractivity contribution < 1.29 is 14.8 Å². The lowest BCUT2D eigenvalue weighted by molar-refractivity contribution is -0.385. The third-order valence-corrected chi connectivity index (χ3v) is 3.47. The number of nitrogens with zero attached hydrogens (tertiary/aromatic N) is 3. The topological polar surface area (TPSA) is 134 Å². The number of benzene rings is 2. The van der Waals surface area contributed by atoms with E-state index in [0.29, 0.717) is 11.3 Å². The van der Waals surface area contributed by atoms with Crippen LogP contribution in [0.5, 0.6) is 5.75 Å². The second-order valence-corrected chi connectivity index (χ2v) is 5.24. The minimum absolute atomic E-state index is 0.220. The van der Waals surface area contributed by atoms with Gasteiger partial charge in [0.25, 0.3) is 5.91 Å². The Morgan fingerprint density at radius 3 is 2.73 bits per heavy atom. The van der Waals surface area contributed by atoms with Gasteiger partial charge in [0.1, 0.15) is 5.69 Å². The van der Waals surface area contributed by atoms with Crippen LogP contribution in [0.4, 0.5) is 5.69 Å². The van der Waals surface area contributed by atoms with Crippen LogP contribution in [0.3, 0.4) is 0 Å². The molecule has 0 radical (unpaired) electrons. The van der Waals surface area contributed by atoms with Gasteiger partial charge in [-0.05, 0) is 18.2 Å². The summed E-state index contributed by atoms with van der Waals surface area (Å²) in [7, 11) is 0. The predicted molar refractivity (Wildman–Crippen MR) is 93.8 cm³/mol. The fraction of sp³-hybridized carbons (Fsp3) is 0. The Bertz CT molecular complexity index is 982. The summed E-state index contributed by atoms with van der Waals surface area (Å²) in [5.41, 5.74) is 3.91. The molecule has 0 saturated heterocycles. The van der Waals surface area contributed by atoms with Crippen LogP contribution in [0.25, 0.3) is 11.3 Å². The first-order chi connectivity index (χ1) is 12.5. The van der Waals surface area contributed by atoms with E-state index in [-0.39, 0.29) is 5.69 Å². The number of nitrogens with one attached hydrogen (secondary N) is 2. The first-order valence-electron chi connectivity index (χ1n) is 7.46. The standard InChI is InChI=1S/C17H13N5O4/c23-16-7-6-11(8-15(16)22(25)26)10-18-21-17(24)14-9-13(19-20-14)12-4-2-1-3-5-12/h1-10,23H,(H,19,20)(H,21,24)/b18-10-. The summed E-state index contributed by atoms with van der Waals surface area (Å²) in [6.07, 6.45) is 1.23. The molecule has 0 aliphatic heterocycles. The van der Waals surface area contributed by atoms with E-state index in [2.05, 4.69) is 20.7 Å². The van der Waals surface area contributed by atoms with Gasteiger partial charge in [-0.15, -0.1) is 0 Å². The zero-order valence-corrected chi connectivity index (χ0v) is 13.3. The van der Waals surface area contributed by atoms with Crippen molar-refractivity contribution in [3.63, 3.8) is 0 Å². The van der Waals surface area contributed by atoms with Gasteiger partial charge in [0, 0.05) is 17.2 Å². The molecule has 0 aliphatic rings. The molecular weight excluding hydrogens is 338 g/mol. The smallest absolute Gasteiger partial charge is 0.311 e. The molecule has 0 fully saturated rings. The Kier molecular flexibility index (Phi) is 4.70. The third-order valence-electron chi connectivity index (χ3n) is 3.47. The summed E-state index contributed by atoms with van der Waals surface area (Å²) in [4.78, 5) is 22.1. The second-order valence-electron chi connectivity index (χ2n) is 5.24. The van der Waals surface area contributed by atoms with Gasteiger partial charge < -0.3 is 5.11 Å². The SMILES string of the molecule is O=C(N/N=C\c1ccc(O)c([N+](=O)[O-])c1)c1cc(-c2ccccc2)n[nH]1. The van der Waals surface area contributed by atoms with Crippen molar-refractivity contribution in [3.05, 3.63) is 76.0 Å². The van der Waals surface area contributed by atoms with Crippen molar-refractivity contribution in [2.75, 3.05) is 0 Å². The molecule has 3 aromatic rings. The molecule has 2 aromatic carbocycles. The number of phenolic OH excluding ortho intramolecular Hbond substituents is 1. The Morgan fingerprint density at radius 2 is 2.00 bits per heavy atom. The number of hydrogen-bond donors (Lipinski definition) is 3. The van der Waals surface area contributed by atoms with Crippen LogP contribution in [-0.2, 0) is 0 Å². The minimum Gasteiger partial charge on any atom is -0.502 e. The monoisotopic (exact) mass is 351 g/mol. The van der Waals surface area contributed by atoms with Gasteiger partial charge in [0.2, 0.25) is 0 Å². The molecule has 0 aliphatic carbocycles. The number of phenols is 1. The molecule has 0 saturated carbocycles. The number of carbonyl (C=O) groups is 1. The van der Waals surface area contributed by atoms with Gasteiger partial charge in [0.05, 0.1) is 16.8 Å². The summed E-state index contributed by atoms with van der Waals surface area (Å²) < 4.78 is 0. The van der Waals surface area contributed by atoms with Gasteiger partial charge in [-0.25, -0.2) is 5.43 Å². The summed E-state index contributed by atoms with van der Waals surface area (Å²) in [6, 6.07) is 14.7. The maximum absolute atomic E-state index is 12.1. The molecule has 0 atom stereocenters. The Morgan fingerprint density at radius 1 is 1.23 bits per heavy atom. The number of aromatic nitrogens is 2. The van der Waals surface area contributed by atoms with E-state index in [0.717, 1.165) is 11.6 Å². The zero-order valence-electron chi connectivity index (χ0n) is 13.3. The number of carbonyl (C=O) groups excluding carboxylic acids is 1. The molecule has 1 aromatic heterocycles. The van der Waals surface area contributed by atoms with E-state index >= 15 is 0 Å². The van der Waals surface area contributed by atoms with Crippen LogP contribution in [-0.4, -0.2) is 32.3 Å². The molecule has 0 spiro atoms. The summed E-state index contributed by atoms with van der Waals surface area (Å²) >= 11 is 0. The van der Waals surface area contributed by atoms with Crippen molar-refractivity contribution in [1.82, 2.24) is 15.6 Å². The number of aromatic amines is 1. The quantitative estimate of drug-likeness (QED) is 0.369. The number of amides is 1. The van der Waals surface area contributed by atoms with Crippen LogP contribution in [0.1, 0.15) is 16.1 Å². The Hall–Kier alpha value is -4.01. The first kappa shape index (κ1) is 16.8. The zero-order chi connectivity index (χ0) is 18.5. The summed E-state index contributed by atoms with van der Waals surface area (Å²) in [5.74, 6) is -0.953. The van der Waals surface area contributed by atoms with E-state index in [4.69, 9.17) is 0 Å². The van der Waals surface area contributed by atoms with Gasteiger partial charge in [0.15, 0.2) is 5.75 Å². The first-order valence-corrected chi connectivity index (χ1v) is 7.46. The molecule has 9 nitrogen and oxygen atoms in total. The number of rotatable bonds is 5. The maximum Gasteiger partial charge on any atom is 0.311 e. The van der Waals surface area contributed by atoms with Crippen LogP contribution >= 0.6 is 0 Å². The molecule has 1 heterocycles. The predicted octanol–water partition coefficient (Wildman–Crippen LogP) is 2.45. The third kappa shape index (κ3) is 3.73. The van der Waals surface area contributed by atoms with E-state index < -0.39 is 22.3 Å². The van der Waals surface area contributed by atoms with Gasteiger partial charge in [-0.2, -0.15) is 10.2 Å². The highest BCUT2D eigenvalue weighted by molar-refractivity contribution is 5.94. The molecule has 3 N–H and O–H groups in total. The van der Waals surface area contributed by atoms with Crippen LogP contribution < -0.4 is 5.43 Å². The fourth-order valence-corrected chi connectivity index (χ4v) is 2.19. The highest BCUT2D eigenvalue weighted by Gasteiger charge is 2.13. The highest BCUT2D eigenvalue weighted by Crippen LogP contribution is 2.25. The Labute approximate surface area is 147 Å². The number of aromatic hydroxyl groups is 1. The second kappa shape index (κ2) is 7.26. The van der Waals surface area contributed by atoms with E-state index in [9.17, 15) is 20.0 Å². The van der Waals surface area contributed by atoms with Gasteiger partial charge >= 0.3 is 5.69 Å². The molecule has 0 bridgehead atoms.